The number of para-hydroxylation sites is 1. The molecule has 0 fully saturated rings. The number of methoxy groups -OCH3 is 1. The molecule has 1 unspecified atom stereocenters. The molecule has 1 N–H and O–H groups in total. The topological polar surface area (TPSA) is 46.5 Å². The van der Waals surface area contributed by atoms with Crippen LogP contribution in [-0.4, -0.2) is 18.5 Å². The number of aldehydes is 1. The number of aryl methyl sites for hydroxylation is 1. The van der Waals surface area contributed by atoms with Gasteiger partial charge in [-0.15, -0.1) is 0 Å². The number of hydrogen-bond donors (Lipinski definition) is 1. The van der Waals surface area contributed by atoms with Gasteiger partial charge in [0, 0.05) is 10.9 Å². The fourth-order valence-corrected chi connectivity index (χ4v) is 3.14. The molecular formula is C15H15O3P. The molecule has 2 rings (SSSR count). The maximum atomic E-state index is 11.1. The Morgan fingerprint density at radius 3 is 2.63 bits per heavy atom. The van der Waals surface area contributed by atoms with E-state index in [0.29, 0.717) is 11.3 Å². The average molecular weight is 274 g/mol. The predicted octanol–water partition coefficient (Wildman–Crippen LogP) is 2.15. The second-order valence-electron chi connectivity index (χ2n) is 4.14. The van der Waals surface area contributed by atoms with E-state index in [1.54, 1.807) is 12.1 Å². The standard InChI is InChI=1S/C15H15O3P/c1-10-5-3-6-11(9-16)15(10)19-13-8-4-7-12(18-2)14(13)17/h3-9,17,19H,1-2H3. The molecule has 0 bridgehead atoms. The van der Waals surface area contributed by atoms with Crippen molar-refractivity contribution in [2.24, 2.45) is 0 Å². The number of phenolic OH excluding ortho intramolecular Hbond substituents is 1. The number of rotatable bonds is 4. The van der Waals surface area contributed by atoms with E-state index in [0.717, 1.165) is 22.5 Å². The summed E-state index contributed by atoms with van der Waals surface area (Å²) in [5, 5.41) is 11.8. The van der Waals surface area contributed by atoms with Crippen molar-refractivity contribution in [2.45, 2.75) is 6.92 Å². The van der Waals surface area contributed by atoms with Gasteiger partial charge >= 0.3 is 0 Å². The van der Waals surface area contributed by atoms with Crippen LogP contribution in [0.3, 0.4) is 0 Å². The van der Waals surface area contributed by atoms with Gasteiger partial charge in [-0.05, 0) is 23.9 Å². The van der Waals surface area contributed by atoms with Crippen molar-refractivity contribution in [3.8, 4) is 11.5 Å². The van der Waals surface area contributed by atoms with Crippen LogP contribution in [0.5, 0.6) is 11.5 Å². The van der Waals surface area contributed by atoms with Crippen LogP contribution in [0.2, 0.25) is 0 Å². The third-order valence-corrected chi connectivity index (χ3v) is 4.52. The molecule has 98 valence electrons. The Bertz CT molecular complexity index is 608. The molecule has 19 heavy (non-hydrogen) atoms. The molecule has 0 aliphatic carbocycles. The first-order chi connectivity index (χ1) is 9.17. The first kappa shape index (κ1) is 13.6. The van der Waals surface area contributed by atoms with Gasteiger partial charge in [-0.1, -0.05) is 38.9 Å². The van der Waals surface area contributed by atoms with Crippen molar-refractivity contribution in [2.75, 3.05) is 7.11 Å². The van der Waals surface area contributed by atoms with Crippen LogP contribution in [0.4, 0.5) is 0 Å². The summed E-state index contributed by atoms with van der Waals surface area (Å²) in [6.45, 7) is 1.96. The van der Waals surface area contributed by atoms with Crippen molar-refractivity contribution in [1.29, 1.82) is 0 Å². The number of hydrogen-bond acceptors (Lipinski definition) is 3. The summed E-state index contributed by atoms with van der Waals surface area (Å²) in [5.41, 5.74) is 1.71. The number of carbonyl (C=O) groups is 1. The minimum atomic E-state index is 0.142. The summed E-state index contributed by atoms with van der Waals surface area (Å²) in [4.78, 5) is 11.1. The van der Waals surface area contributed by atoms with E-state index in [2.05, 4.69) is 0 Å². The molecule has 2 aromatic carbocycles. The van der Waals surface area contributed by atoms with Gasteiger partial charge in [-0.2, -0.15) is 0 Å². The zero-order valence-corrected chi connectivity index (χ0v) is 11.8. The second-order valence-corrected chi connectivity index (χ2v) is 5.43. The van der Waals surface area contributed by atoms with E-state index >= 15 is 0 Å². The molecule has 2 aromatic rings. The van der Waals surface area contributed by atoms with Crippen LogP contribution in [0.1, 0.15) is 15.9 Å². The van der Waals surface area contributed by atoms with Gasteiger partial charge in [0.1, 0.15) is 0 Å². The Labute approximate surface area is 114 Å². The van der Waals surface area contributed by atoms with Crippen LogP contribution in [0, 0.1) is 6.92 Å². The largest absolute Gasteiger partial charge is 0.504 e. The highest BCUT2D eigenvalue weighted by atomic mass is 31.1. The van der Waals surface area contributed by atoms with Crippen molar-refractivity contribution in [3.05, 3.63) is 47.5 Å². The summed E-state index contributed by atoms with van der Waals surface area (Å²) >= 11 is 0. The number of carbonyl (C=O) groups excluding carboxylic acids is 1. The van der Waals surface area contributed by atoms with Gasteiger partial charge in [-0.25, -0.2) is 0 Å². The molecule has 0 spiro atoms. The lowest BCUT2D eigenvalue weighted by molar-refractivity contribution is 0.112. The number of ether oxygens (including phenoxy) is 1. The van der Waals surface area contributed by atoms with Crippen molar-refractivity contribution >= 4 is 25.5 Å². The number of benzene rings is 2. The molecular weight excluding hydrogens is 259 g/mol. The maximum Gasteiger partial charge on any atom is 0.165 e. The number of aromatic hydroxyl groups is 1. The molecule has 0 saturated carbocycles. The summed E-state index contributed by atoms with van der Waals surface area (Å²) < 4.78 is 5.10. The summed E-state index contributed by atoms with van der Waals surface area (Å²) in [7, 11) is 1.74. The van der Waals surface area contributed by atoms with E-state index in [1.807, 2.05) is 31.2 Å². The van der Waals surface area contributed by atoms with E-state index in [-0.39, 0.29) is 14.3 Å². The normalized spacial score (nSPS) is 10.8. The molecule has 0 radical (unpaired) electrons. The Morgan fingerprint density at radius 1 is 1.21 bits per heavy atom. The fraction of sp³-hybridized carbons (Fsp3) is 0.133. The zero-order chi connectivity index (χ0) is 13.8. The van der Waals surface area contributed by atoms with Crippen LogP contribution in [0.15, 0.2) is 36.4 Å². The monoisotopic (exact) mass is 274 g/mol. The Kier molecular flexibility index (Phi) is 4.18. The van der Waals surface area contributed by atoms with E-state index in [1.165, 1.54) is 7.11 Å². The van der Waals surface area contributed by atoms with Gasteiger partial charge in [0.25, 0.3) is 0 Å². The third kappa shape index (κ3) is 2.77. The second kappa shape index (κ2) is 5.85. The molecule has 0 aliphatic heterocycles. The van der Waals surface area contributed by atoms with Crippen LogP contribution in [0.25, 0.3) is 0 Å². The van der Waals surface area contributed by atoms with E-state index < -0.39 is 0 Å². The van der Waals surface area contributed by atoms with Crippen LogP contribution >= 0.6 is 8.58 Å². The molecule has 4 heteroatoms. The quantitative estimate of drug-likeness (QED) is 0.686. The lowest BCUT2D eigenvalue weighted by Crippen LogP contribution is -2.12. The summed E-state index contributed by atoms with van der Waals surface area (Å²) in [6.07, 6.45) is 0.854. The average Bonchev–Trinajstić information content (AvgIpc) is 2.43. The summed E-state index contributed by atoms with van der Waals surface area (Å²) in [5.74, 6) is 0.592. The minimum Gasteiger partial charge on any atom is -0.504 e. The molecule has 0 saturated heterocycles. The minimum absolute atomic E-state index is 0.142. The maximum absolute atomic E-state index is 11.1. The van der Waals surface area contributed by atoms with Gasteiger partial charge in [0.05, 0.1) is 7.11 Å². The molecule has 0 aromatic heterocycles. The Morgan fingerprint density at radius 2 is 1.95 bits per heavy atom. The molecule has 0 amide bonds. The molecule has 1 atom stereocenters. The van der Waals surface area contributed by atoms with E-state index in [9.17, 15) is 9.90 Å². The van der Waals surface area contributed by atoms with Gasteiger partial charge in [-0.3, -0.25) is 4.79 Å². The zero-order valence-electron chi connectivity index (χ0n) is 10.8. The number of phenols is 1. The van der Waals surface area contributed by atoms with Crippen molar-refractivity contribution < 1.29 is 14.6 Å². The first-order valence-corrected chi connectivity index (χ1v) is 6.85. The highest BCUT2D eigenvalue weighted by Crippen LogP contribution is 2.29. The smallest absolute Gasteiger partial charge is 0.165 e. The first-order valence-electron chi connectivity index (χ1n) is 5.85. The lowest BCUT2D eigenvalue weighted by Gasteiger charge is -2.12. The Hall–Kier alpha value is -1.86. The molecule has 0 heterocycles. The lowest BCUT2D eigenvalue weighted by atomic mass is 10.1. The predicted molar refractivity (Wildman–Crippen MR) is 78.8 cm³/mol. The molecule has 0 aliphatic rings. The van der Waals surface area contributed by atoms with E-state index in [4.69, 9.17) is 4.74 Å². The van der Waals surface area contributed by atoms with Crippen LogP contribution < -0.4 is 15.3 Å². The highest BCUT2D eigenvalue weighted by Gasteiger charge is 2.11. The third-order valence-electron chi connectivity index (χ3n) is 2.91. The van der Waals surface area contributed by atoms with Gasteiger partial charge in [0.15, 0.2) is 17.8 Å². The SMILES string of the molecule is COc1cccc(Pc2c(C)cccc2C=O)c1O. The summed E-state index contributed by atoms with van der Waals surface area (Å²) in [6, 6.07) is 11.0. The van der Waals surface area contributed by atoms with Gasteiger partial charge < -0.3 is 9.84 Å². The fourth-order valence-electron chi connectivity index (χ4n) is 1.88. The highest BCUT2D eigenvalue weighted by molar-refractivity contribution is 7.56. The Balaban J connectivity index is 2.44. The van der Waals surface area contributed by atoms with Crippen molar-refractivity contribution in [1.82, 2.24) is 0 Å². The van der Waals surface area contributed by atoms with Gasteiger partial charge in [0.2, 0.25) is 0 Å². The van der Waals surface area contributed by atoms with Crippen LogP contribution in [-0.2, 0) is 0 Å². The van der Waals surface area contributed by atoms with Crippen molar-refractivity contribution in [3.63, 3.8) is 0 Å². The molecule has 3 nitrogen and oxygen atoms in total.